The molecule has 1 heterocycles. The molecule has 1 fully saturated rings. The highest BCUT2D eigenvalue weighted by atomic mass is 16.6. The van der Waals surface area contributed by atoms with E-state index in [4.69, 9.17) is 14.6 Å². The maximum absolute atomic E-state index is 11.5. The van der Waals surface area contributed by atoms with Crippen molar-refractivity contribution in [1.29, 1.82) is 0 Å². The molecule has 2 atom stereocenters. The predicted molar refractivity (Wildman–Crippen MR) is 59.9 cm³/mol. The third kappa shape index (κ3) is 4.60. The lowest BCUT2D eigenvalue weighted by Crippen LogP contribution is -2.43. The van der Waals surface area contributed by atoms with Gasteiger partial charge in [0.2, 0.25) is 0 Å². The summed E-state index contributed by atoms with van der Waals surface area (Å²) in [6.07, 6.45) is -1.92. The lowest BCUT2D eigenvalue weighted by atomic mass is 10.1. The highest BCUT2D eigenvalue weighted by Crippen LogP contribution is 2.19. The molecule has 0 bridgehead atoms. The number of esters is 1. The van der Waals surface area contributed by atoms with Gasteiger partial charge in [-0.2, -0.15) is 0 Å². The van der Waals surface area contributed by atoms with Gasteiger partial charge in [-0.15, -0.1) is 0 Å². The molecule has 0 spiro atoms. The number of rotatable bonds is 3. The Bertz CT molecular complexity index is 359. The Kier molecular flexibility index (Phi) is 4.15. The number of cyclic esters (lactones) is 1. The molecular weight excluding hydrogens is 242 g/mol. The van der Waals surface area contributed by atoms with Crippen LogP contribution in [0.4, 0.5) is 4.79 Å². The van der Waals surface area contributed by atoms with Gasteiger partial charge in [-0.1, -0.05) is 0 Å². The Morgan fingerprint density at radius 3 is 2.61 bits per heavy atom. The first-order chi connectivity index (χ1) is 8.17. The molecule has 1 amide bonds. The minimum atomic E-state index is -1.09. The largest absolute Gasteiger partial charge is 0.481 e. The molecule has 1 unspecified atom stereocenters. The van der Waals surface area contributed by atoms with Crippen molar-refractivity contribution in [3.63, 3.8) is 0 Å². The summed E-state index contributed by atoms with van der Waals surface area (Å²) >= 11 is 0. The molecule has 102 valence electrons. The van der Waals surface area contributed by atoms with Crippen molar-refractivity contribution in [2.45, 2.75) is 51.4 Å². The minimum absolute atomic E-state index is 0.0445. The van der Waals surface area contributed by atoms with Crippen LogP contribution in [0.15, 0.2) is 0 Å². The normalized spacial score (nSPS) is 23.4. The van der Waals surface area contributed by atoms with Crippen molar-refractivity contribution in [2.75, 3.05) is 0 Å². The summed E-state index contributed by atoms with van der Waals surface area (Å²) in [4.78, 5) is 33.2. The van der Waals surface area contributed by atoms with Crippen LogP contribution in [-0.2, 0) is 19.1 Å². The molecule has 0 aromatic carbocycles. The number of carboxylic acid groups (broad SMARTS) is 1. The van der Waals surface area contributed by atoms with Gasteiger partial charge in [0.15, 0.2) is 0 Å². The van der Waals surface area contributed by atoms with Crippen molar-refractivity contribution in [2.24, 2.45) is 0 Å². The van der Waals surface area contributed by atoms with Crippen LogP contribution in [-0.4, -0.2) is 40.9 Å². The topological polar surface area (TPSA) is 102 Å². The number of carboxylic acids is 1. The average Bonchev–Trinajstić information content (AvgIpc) is 2.41. The maximum atomic E-state index is 11.5. The van der Waals surface area contributed by atoms with E-state index in [0.717, 1.165) is 0 Å². The Morgan fingerprint density at radius 1 is 1.50 bits per heavy atom. The van der Waals surface area contributed by atoms with Gasteiger partial charge in [0.05, 0.1) is 18.9 Å². The summed E-state index contributed by atoms with van der Waals surface area (Å²) in [5, 5.41) is 11.1. The first-order valence-corrected chi connectivity index (χ1v) is 5.58. The summed E-state index contributed by atoms with van der Waals surface area (Å²) in [5.74, 6) is -1.62. The zero-order chi connectivity index (χ0) is 13.9. The molecule has 7 nitrogen and oxygen atoms in total. The third-order valence-electron chi connectivity index (χ3n) is 2.20. The van der Waals surface area contributed by atoms with Gasteiger partial charge in [0, 0.05) is 0 Å². The molecule has 18 heavy (non-hydrogen) atoms. The van der Waals surface area contributed by atoms with Gasteiger partial charge in [-0.3, -0.25) is 9.59 Å². The summed E-state index contributed by atoms with van der Waals surface area (Å²) in [6.45, 7) is 5.12. The van der Waals surface area contributed by atoms with Crippen molar-refractivity contribution < 1.29 is 29.0 Å². The van der Waals surface area contributed by atoms with E-state index in [2.05, 4.69) is 5.32 Å². The number of carbonyl (C=O) groups is 3. The van der Waals surface area contributed by atoms with Crippen molar-refractivity contribution in [3.8, 4) is 0 Å². The van der Waals surface area contributed by atoms with Gasteiger partial charge in [0.25, 0.3) is 0 Å². The fourth-order valence-corrected chi connectivity index (χ4v) is 1.57. The van der Waals surface area contributed by atoms with Gasteiger partial charge < -0.3 is 19.9 Å². The molecule has 0 saturated carbocycles. The smallest absolute Gasteiger partial charge is 0.408 e. The monoisotopic (exact) mass is 259 g/mol. The SMILES string of the molecule is CC(C)(C)OC(=O)N[C@H]1CC(=O)OC1CC(=O)O. The molecule has 1 aliphatic rings. The number of hydrogen-bond donors (Lipinski definition) is 2. The van der Waals surface area contributed by atoms with E-state index >= 15 is 0 Å². The Hall–Kier alpha value is -1.79. The van der Waals surface area contributed by atoms with Crippen LogP contribution in [0.25, 0.3) is 0 Å². The number of nitrogens with one attached hydrogen (secondary N) is 1. The second kappa shape index (κ2) is 5.24. The van der Waals surface area contributed by atoms with Crippen LogP contribution >= 0.6 is 0 Å². The molecular formula is C11H17NO6. The molecule has 0 radical (unpaired) electrons. The van der Waals surface area contributed by atoms with Crippen LogP contribution in [0.1, 0.15) is 33.6 Å². The predicted octanol–water partition coefficient (Wildman–Crippen LogP) is 0.670. The van der Waals surface area contributed by atoms with Gasteiger partial charge in [-0.05, 0) is 20.8 Å². The third-order valence-corrected chi connectivity index (χ3v) is 2.20. The highest BCUT2D eigenvalue weighted by molar-refractivity contribution is 5.77. The van der Waals surface area contributed by atoms with Gasteiger partial charge in [0.1, 0.15) is 11.7 Å². The standard InChI is InChI=1S/C11H17NO6/c1-11(2,3)18-10(16)12-6-4-9(15)17-7(6)5-8(13)14/h6-7H,4-5H2,1-3H3,(H,12,16)(H,13,14)/t6-,7?/m0/s1. The lowest BCUT2D eigenvalue weighted by molar-refractivity contribution is -0.146. The van der Waals surface area contributed by atoms with Crippen molar-refractivity contribution >= 4 is 18.0 Å². The fourth-order valence-electron chi connectivity index (χ4n) is 1.57. The first-order valence-electron chi connectivity index (χ1n) is 5.58. The molecule has 0 aromatic rings. The summed E-state index contributed by atoms with van der Waals surface area (Å²) in [7, 11) is 0. The summed E-state index contributed by atoms with van der Waals surface area (Å²) in [6, 6.07) is -0.663. The van der Waals surface area contributed by atoms with Crippen molar-refractivity contribution in [1.82, 2.24) is 5.32 Å². The van der Waals surface area contributed by atoms with Crippen LogP contribution < -0.4 is 5.32 Å². The van der Waals surface area contributed by atoms with Gasteiger partial charge in [-0.25, -0.2) is 4.79 Å². The zero-order valence-electron chi connectivity index (χ0n) is 10.6. The van der Waals surface area contributed by atoms with E-state index in [0.29, 0.717) is 0 Å². The van der Waals surface area contributed by atoms with Gasteiger partial charge >= 0.3 is 18.0 Å². The average molecular weight is 259 g/mol. The Balaban J connectivity index is 2.56. The van der Waals surface area contributed by atoms with E-state index in [1.165, 1.54) is 0 Å². The van der Waals surface area contributed by atoms with E-state index in [1.807, 2.05) is 0 Å². The van der Waals surface area contributed by atoms with E-state index in [9.17, 15) is 14.4 Å². The summed E-state index contributed by atoms with van der Waals surface area (Å²) in [5.41, 5.74) is -0.657. The Labute approximate surface area is 104 Å². The van der Waals surface area contributed by atoms with E-state index < -0.39 is 35.8 Å². The lowest BCUT2D eigenvalue weighted by Gasteiger charge is -2.22. The number of aliphatic carboxylic acids is 1. The van der Waals surface area contributed by atoms with Crippen molar-refractivity contribution in [3.05, 3.63) is 0 Å². The second-order valence-electron chi connectivity index (χ2n) is 5.08. The molecule has 0 aliphatic carbocycles. The molecule has 7 heteroatoms. The molecule has 1 aliphatic heterocycles. The second-order valence-corrected chi connectivity index (χ2v) is 5.08. The van der Waals surface area contributed by atoms with E-state index in [1.54, 1.807) is 20.8 Å². The highest BCUT2D eigenvalue weighted by Gasteiger charge is 2.38. The molecule has 1 rings (SSSR count). The van der Waals surface area contributed by atoms with Crippen LogP contribution in [0, 0.1) is 0 Å². The number of alkyl carbamates (subject to hydrolysis) is 1. The van der Waals surface area contributed by atoms with Crippen LogP contribution in [0.2, 0.25) is 0 Å². The quantitative estimate of drug-likeness (QED) is 0.722. The maximum Gasteiger partial charge on any atom is 0.408 e. The number of ether oxygens (including phenoxy) is 2. The minimum Gasteiger partial charge on any atom is -0.481 e. The number of amides is 1. The molecule has 2 N–H and O–H groups in total. The number of hydrogen-bond acceptors (Lipinski definition) is 5. The molecule has 1 saturated heterocycles. The zero-order valence-corrected chi connectivity index (χ0v) is 10.6. The first kappa shape index (κ1) is 14.3. The molecule has 0 aromatic heterocycles. The van der Waals surface area contributed by atoms with E-state index in [-0.39, 0.29) is 12.8 Å². The fraction of sp³-hybridized carbons (Fsp3) is 0.727. The van der Waals surface area contributed by atoms with Crippen LogP contribution in [0.5, 0.6) is 0 Å². The van der Waals surface area contributed by atoms with Crippen LogP contribution in [0.3, 0.4) is 0 Å². The summed E-state index contributed by atoms with van der Waals surface area (Å²) < 4.78 is 9.85. The number of carbonyl (C=O) groups excluding carboxylic acids is 2. The Morgan fingerprint density at radius 2 is 2.11 bits per heavy atom.